The molecule has 1 aromatic carbocycles. The minimum atomic E-state index is -0.578. The standard InChI is InChI=1S/C17H18ClF2N3O2S/c1-10(12-4-3-11(19)9-13(12)20)22-5-7-23(8-6-22)17-21-15(18)14(26-17)16(24)25-2/h3-4,9-10H,5-8H2,1-2H3. The number of carbonyl (C=O) groups is 1. The van der Waals surface area contributed by atoms with Crippen LogP contribution in [0.15, 0.2) is 18.2 Å². The van der Waals surface area contributed by atoms with Gasteiger partial charge < -0.3 is 9.64 Å². The van der Waals surface area contributed by atoms with Gasteiger partial charge in [0, 0.05) is 43.9 Å². The number of ether oxygens (including phenoxy) is 1. The Morgan fingerprint density at radius 1 is 1.31 bits per heavy atom. The number of aromatic nitrogens is 1. The Morgan fingerprint density at radius 2 is 2.00 bits per heavy atom. The summed E-state index contributed by atoms with van der Waals surface area (Å²) in [4.78, 5) is 20.4. The molecule has 26 heavy (non-hydrogen) atoms. The van der Waals surface area contributed by atoms with E-state index in [0.717, 1.165) is 6.07 Å². The number of hydrogen-bond acceptors (Lipinski definition) is 6. The molecule has 0 spiro atoms. The zero-order valence-electron chi connectivity index (χ0n) is 14.3. The summed E-state index contributed by atoms with van der Waals surface area (Å²) < 4.78 is 31.8. The van der Waals surface area contributed by atoms with Crippen LogP contribution in [0.3, 0.4) is 0 Å². The summed E-state index contributed by atoms with van der Waals surface area (Å²) in [7, 11) is 1.30. The summed E-state index contributed by atoms with van der Waals surface area (Å²) in [6, 6.07) is 3.51. The predicted molar refractivity (Wildman–Crippen MR) is 97.0 cm³/mol. The minimum absolute atomic E-state index is 0.140. The molecule has 3 rings (SSSR count). The first kappa shape index (κ1) is 19.0. The fourth-order valence-corrected chi connectivity index (χ4v) is 4.23. The summed E-state index contributed by atoms with van der Waals surface area (Å²) in [5.41, 5.74) is 0.477. The van der Waals surface area contributed by atoms with E-state index in [1.54, 1.807) is 0 Å². The van der Waals surface area contributed by atoms with E-state index < -0.39 is 17.6 Å². The van der Waals surface area contributed by atoms with Gasteiger partial charge in [0.15, 0.2) is 15.2 Å². The molecule has 1 unspecified atom stereocenters. The van der Waals surface area contributed by atoms with E-state index in [1.165, 1.54) is 30.6 Å². The summed E-state index contributed by atoms with van der Waals surface area (Å²) in [5.74, 6) is -1.61. The Kier molecular flexibility index (Phi) is 5.74. The van der Waals surface area contributed by atoms with Crippen LogP contribution in [-0.4, -0.2) is 49.1 Å². The van der Waals surface area contributed by atoms with Gasteiger partial charge in [0.25, 0.3) is 0 Å². The molecule has 2 aromatic rings. The molecule has 1 aromatic heterocycles. The van der Waals surface area contributed by atoms with Gasteiger partial charge >= 0.3 is 5.97 Å². The zero-order chi connectivity index (χ0) is 18.8. The lowest BCUT2D eigenvalue weighted by atomic mass is 10.1. The molecule has 140 valence electrons. The second kappa shape index (κ2) is 7.85. The number of hydrogen-bond donors (Lipinski definition) is 0. The number of benzene rings is 1. The van der Waals surface area contributed by atoms with Crippen LogP contribution in [-0.2, 0) is 4.74 Å². The first-order valence-electron chi connectivity index (χ1n) is 8.09. The van der Waals surface area contributed by atoms with E-state index in [2.05, 4.69) is 9.88 Å². The van der Waals surface area contributed by atoms with Crippen LogP contribution < -0.4 is 4.90 Å². The van der Waals surface area contributed by atoms with E-state index in [1.807, 2.05) is 11.8 Å². The van der Waals surface area contributed by atoms with Crippen molar-refractivity contribution >= 4 is 34.0 Å². The Morgan fingerprint density at radius 3 is 2.62 bits per heavy atom. The quantitative estimate of drug-likeness (QED) is 0.730. The highest BCUT2D eigenvalue weighted by atomic mass is 35.5. The minimum Gasteiger partial charge on any atom is -0.465 e. The summed E-state index contributed by atoms with van der Waals surface area (Å²) in [5, 5.41) is 0.802. The van der Waals surface area contributed by atoms with E-state index in [4.69, 9.17) is 16.3 Å². The number of piperazine rings is 1. The van der Waals surface area contributed by atoms with E-state index in [0.29, 0.717) is 36.9 Å². The average Bonchev–Trinajstić information content (AvgIpc) is 3.02. The van der Waals surface area contributed by atoms with Crippen molar-refractivity contribution in [1.82, 2.24) is 9.88 Å². The molecule has 5 nitrogen and oxygen atoms in total. The molecule has 1 saturated heterocycles. The van der Waals surface area contributed by atoms with Crippen molar-refractivity contribution in [2.75, 3.05) is 38.2 Å². The smallest absolute Gasteiger partial charge is 0.351 e. The van der Waals surface area contributed by atoms with E-state index >= 15 is 0 Å². The number of halogens is 3. The summed E-state index contributed by atoms with van der Waals surface area (Å²) in [6.45, 7) is 4.60. The normalized spacial score (nSPS) is 16.6. The van der Waals surface area contributed by atoms with Gasteiger partial charge in [-0.05, 0) is 13.0 Å². The predicted octanol–water partition coefficient (Wildman–Crippen LogP) is 3.74. The van der Waals surface area contributed by atoms with Crippen LogP contribution in [0, 0.1) is 11.6 Å². The molecule has 0 aliphatic carbocycles. The van der Waals surface area contributed by atoms with Gasteiger partial charge in [0.2, 0.25) is 0 Å². The molecular weight excluding hydrogens is 384 g/mol. The molecule has 1 aliphatic rings. The van der Waals surface area contributed by atoms with Crippen molar-refractivity contribution in [2.24, 2.45) is 0 Å². The third-order valence-corrected chi connectivity index (χ3v) is 5.97. The van der Waals surface area contributed by atoms with Gasteiger partial charge in [-0.3, -0.25) is 4.90 Å². The highest BCUT2D eigenvalue weighted by molar-refractivity contribution is 7.18. The number of methoxy groups -OCH3 is 1. The maximum absolute atomic E-state index is 14.0. The molecule has 2 heterocycles. The third-order valence-electron chi connectivity index (χ3n) is 4.49. The molecular formula is C17H18ClF2N3O2S. The number of esters is 1. The molecule has 1 fully saturated rings. The summed E-state index contributed by atoms with van der Waals surface area (Å²) >= 11 is 7.21. The Balaban J connectivity index is 1.66. The van der Waals surface area contributed by atoms with Crippen molar-refractivity contribution < 1.29 is 18.3 Å². The fourth-order valence-electron chi connectivity index (χ4n) is 2.98. The molecule has 0 saturated carbocycles. The Bertz CT molecular complexity index is 809. The Labute approximate surface area is 159 Å². The maximum atomic E-state index is 14.0. The number of carbonyl (C=O) groups excluding carboxylic acids is 1. The van der Waals surface area contributed by atoms with Gasteiger partial charge in [-0.25, -0.2) is 18.6 Å². The number of anilines is 1. The third kappa shape index (κ3) is 3.82. The Hall–Kier alpha value is -1.77. The van der Waals surface area contributed by atoms with Crippen LogP contribution in [0.5, 0.6) is 0 Å². The van der Waals surface area contributed by atoms with Crippen LogP contribution in [0.25, 0.3) is 0 Å². The first-order chi connectivity index (χ1) is 12.4. The van der Waals surface area contributed by atoms with Crippen LogP contribution in [0.1, 0.15) is 28.2 Å². The van der Waals surface area contributed by atoms with Gasteiger partial charge in [0.1, 0.15) is 11.6 Å². The second-order valence-electron chi connectivity index (χ2n) is 5.97. The molecule has 9 heteroatoms. The number of rotatable bonds is 4. The molecule has 1 atom stereocenters. The van der Waals surface area contributed by atoms with Gasteiger partial charge in [-0.2, -0.15) is 0 Å². The maximum Gasteiger partial charge on any atom is 0.351 e. The topological polar surface area (TPSA) is 45.7 Å². The number of thiazole rings is 1. The van der Waals surface area contributed by atoms with Gasteiger partial charge in [0.05, 0.1) is 7.11 Å². The fraction of sp³-hybridized carbons (Fsp3) is 0.412. The largest absolute Gasteiger partial charge is 0.465 e. The van der Waals surface area contributed by atoms with Crippen LogP contribution >= 0.6 is 22.9 Å². The van der Waals surface area contributed by atoms with Gasteiger partial charge in [-0.1, -0.05) is 29.0 Å². The highest BCUT2D eigenvalue weighted by Crippen LogP contribution is 2.32. The monoisotopic (exact) mass is 401 g/mol. The van der Waals surface area contributed by atoms with E-state index in [9.17, 15) is 13.6 Å². The van der Waals surface area contributed by atoms with Crippen molar-refractivity contribution in [3.05, 3.63) is 45.4 Å². The van der Waals surface area contributed by atoms with Crippen LogP contribution in [0.4, 0.5) is 13.9 Å². The lowest BCUT2D eigenvalue weighted by Gasteiger charge is -2.38. The number of nitrogens with zero attached hydrogens (tertiary/aromatic N) is 3. The van der Waals surface area contributed by atoms with Gasteiger partial charge in [-0.15, -0.1) is 0 Å². The van der Waals surface area contributed by atoms with Crippen molar-refractivity contribution in [2.45, 2.75) is 13.0 Å². The van der Waals surface area contributed by atoms with Crippen molar-refractivity contribution in [1.29, 1.82) is 0 Å². The molecule has 1 aliphatic heterocycles. The van der Waals surface area contributed by atoms with Crippen molar-refractivity contribution in [3.8, 4) is 0 Å². The molecule has 0 amide bonds. The SMILES string of the molecule is COC(=O)c1sc(N2CCN(C(C)c3ccc(F)cc3F)CC2)nc1Cl. The lowest BCUT2D eigenvalue weighted by Crippen LogP contribution is -2.47. The zero-order valence-corrected chi connectivity index (χ0v) is 15.9. The average molecular weight is 402 g/mol. The summed E-state index contributed by atoms with van der Waals surface area (Å²) in [6.07, 6.45) is 0. The first-order valence-corrected chi connectivity index (χ1v) is 9.28. The van der Waals surface area contributed by atoms with Crippen molar-refractivity contribution in [3.63, 3.8) is 0 Å². The van der Waals surface area contributed by atoms with E-state index in [-0.39, 0.29) is 16.1 Å². The molecule has 0 radical (unpaired) electrons. The second-order valence-corrected chi connectivity index (χ2v) is 7.31. The lowest BCUT2D eigenvalue weighted by molar-refractivity contribution is 0.0606. The molecule has 0 bridgehead atoms. The van der Waals surface area contributed by atoms with Crippen LogP contribution in [0.2, 0.25) is 5.15 Å². The molecule has 0 N–H and O–H groups in total. The highest BCUT2D eigenvalue weighted by Gasteiger charge is 2.27.